The zero-order valence-electron chi connectivity index (χ0n) is 4.92. The van der Waals surface area contributed by atoms with Crippen molar-refractivity contribution in [3.05, 3.63) is 24.5 Å². The van der Waals surface area contributed by atoms with Crippen LogP contribution < -0.4 is 4.74 Å². The molecule has 0 saturated carbocycles. The van der Waals surface area contributed by atoms with E-state index < -0.39 is 6.61 Å². The summed E-state index contributed by atoms with van der Waals surface area (Å²) >= 11 is 0. The maximum absolute atomic E-state index is 11.5. The van der Waals surface area contributed by atoms with Gasteiger partial charge in [0.25, 0.3) is 0 Å². The van der Waals surface area contributed by atoms with Crippen molar-refractivity contribution < 1.29 is 13.5 Å². The zero-order chi connectivity index (χ0) is 7.40. The van der Waals surface area contributed by atoms with E-state index in [-0.39, 0.29) is 5.75 Å². The zero-order valence-corrected chi connectivity index (χ0v) is 4.92. The molecular formula is C6H4F2NO. The first-order chi connectivity index (χ1) is 4.79. The summed E-state index contributed by atoms with van der Waals surface area (Å²) in [5.74, 6) is -0.0440. The summed E-state index contributed by atoms with van der Waals surface area (Å²) < 4.78 is 26.9. The monoisotopic (exact) mass is 144 g/mol. The van der Waals surface area contributed by atoms with E-state index in [1.54, 1.807) is 0 Å². The van der Waals surface area contributed by atoms with Crippen molar-refractivity contribution in [3.63, 3.8) is 0 Å². The first-order valence-corrected chi connectivity index (χ1v) is 2.56. The number of hydrogen-bond donors (Lipinski definition) is 0. The number of rotatable bonds is 2. The first-order valence-electron chi connectivity index (χ1n) is 2.56. The van der Waals surface area contributed by atoms with Crippen LogP contribution in [-0.4, -0.2) is 11.6 Å². The Morgan fingerprint density at radius 2 is 2.40 bits per heavy atom. The molecule has 53 valence electrons. The predicted molar refractivity (Wildman–Crippen MR) is 29.7 cm³/mol. The van der Waals surface area contributed by atoms with Crippen molar-refractivity contribution >= 4 is 0 Å². The highest BCUT2D eigenvalue weighted by molar-refractivity contribution is 5.13. The molecule has 0 amide bonds. The van der Waals surface area contributed by atoms with Crippen LogP contribution in [0.4, 0.5) is 8.78 Å². The summed E-state index contributed by atoms with van der Waals surface area (Å²) in [5.41, 5.74) is 0. The molecule has 0 N–H and O–H groups in total. The maximum atomic E-state index is 11.5. The molecule has 0 aliphatic rings. The Hall–Kier alpha value is -1.19. The quantitative estimate of drug-likeness (QED) is 0.627. The molecule has 1 heterocycles. The van der Waals surface area contributed by atoms with Gasteiger partial charge in [0.15, 0.2) is 5.75 Å². The highest BCUT2D eigenvalue weighted by atomic mass is 19.3. The van der Waals surface area contributed by atoms with Crippen molar-refractivity contribution in [2.75, 3.05) is 0 Å². The van der Waals surface area contributed by atoms with Crippen LogP contribution in [0.15, 0.2) is 18.3 Å². The molecule has 0 fully saturated rings. The van der Waals surface area contributed by atoms with E-state index in [1.807, 2.05) is 0 Å². The lowest BCUT2D eigenvalue weighted by atomic mass is 10.5. The van der Waals surface area contributed by atoms with E-state index in [4.69, 9.17) is 0 Å². The molecule has 1 radical (unpaired) electrons. The smallest absolute Gasteiger partial charge is 0.387 e. The number of pyridine rings is 1. The van der Waals surface area contributed by atoms with E-state index in [1.165, 1.54) is 18.3 Å². The van der Waals surface area contributed by atoms with E-state index in [2.05, 4.69) is 15.9 Å². The third-order valence-electron chi connectivity index (χ3n) is 0.799. The molecule has 0 bridgehead atoms. The third kappa shape index (κ3) is 1.97. The lowest BCUT2D eigenvalue weighted by molar-refractivity contribution is -0.0502. The van der Waals surface area contributed by atoms with Gasteiger partial charge in [0.05, 0.1) is 0 Å². The lowest BCUT2D eigenvalue weighted by Crippen LogP contribution is -2.01. The Balaban J connectivity index is 2.59. The second kappa shape index (κ2) is 3.10. The normalized spacial score (nSPS) is 9.90. The van der Waals surface area contributed by atoms with Gasteiger partial charge in [-0.2, -0.15) is 8.78 Å². The summed E-state index contributed by atoms with van der Waals surface area (Å²) in [6.07, 6.45) is 3.68. The van der Waals surface area contributed by atoms with E-state index in [0.717, 1.165) is 0 Å². The summed E-state index contributed by atoms with van der Waals surface area (Å²) in [6.45, 7) is -2.81. The minimum Gasteiger partial charge on any atom is -0.432 e. The van der Waals surface area contributed by atoms with Crippen LogP contribution in [0.25, 0.3) is 0 Å². The highest BCUT2D eigenvalue weighted by Crippen LogP contribution is 2.08. The number of hydrogen-bond acceptors (Lipinski definition) is 2. The molecule has 1 aromatic rings. The Morgan fingerprint density at radius 1 is 1.60 bits per heavy atom. The van der Waals surface area contributed by atoms with Crippen molar-refractivity contribution in [2.45, 2.75) is 6.61 Å². The number of ether oxygens (including phenoxy) is 1. The molecule has 2 nitrogen and oxygen atoms in total. The third-order valence-corrected chi connectivity index (χ3v) is 0.799. The van der Waals surface area contributed by atoms with E-state index in [9.17, 15) is 8.78 Å². The number of nitrogens with zero attached hydrogens (tertiary/aromatic N) is 1. The van der Waals surface area contributed by atoms with E-state index >= 15 is 0 Å². The van der Waals surface area contributed by atoms with Crippen LogP contribution in [0, 0.1) is 6.20 Å². The van der Waals surface area contributed by atoms with Gasteiger partial charge in [0.2, 0.25) is 0 Å². The van der Waals surface area contributed by atoms with E-state index in [0.29, 0.717) is 0 Å². The van der Waals surface area contributed by atoms with Crippen LogP contribution in [0.3, 0.4) is 0 Å². The second-order valence-corrected chi connectivity index (χ2v) is 1.49. The molecular weight excluding hydrogens is 140 g/mol. The van der Waals surface area contributed by atoms with Gasteiger partial charge in [0, 0.05) is 6.20 Å². The van der Waals surface area contributed by atoms with Gasteiger partial charge in [-0.15, -0.1) is 0 Å². The molecule has 10 heavy (non-hydrogen) atoms. The number of halogens is 2. The fourth-order valence-corrected chi connectivity index (χ4v) is 0.473. The minimum absolute atomic E-state index is 0.0440. The Labute approximate surface area is 56.5 Å². The fourth-order valence-electron chi connectivity index (χ4n) is 0.473. The van der Waals surface area contributed by atoms with Crippen LogP contribution in [0.1, 0.15) is 0 Å². The summed E-state index contributed by atoms with van der Waals surface area (Å²) in [5, 5.41) is 0. The lowest BCUT2D eigenvalue weighted by Gasteiger charge is -2.00. The second-order valence-electron chi connectivity index (χ2n) is 1.49. The average molecular weight is 144 g/mol. The van der Waals surface area contributed by atoms with Crippen molar-refractivity contribution in [3.8, 4) is 5.75 Å². The van der Waals surface area contributed by atoms with Gasteiger partial charge in [-0.1, -0.05) is 0 Å². The van der Waals surface area contributed by atoms with Crippen LogP contribution >= 0.6 is 0 Å². The van der Waals surface area contributed by atoms with Gasteiger partial charge in [-0.3, -0.25) is 4.98 Å². The van der Waals surface area contributed by atoms with Crippen molar-refractivity contribution in [1.29, 1.82) is 0 Å². The van der Waals surface area contributed by atoms with Gasteiger partial charge in [-0.05, 0) is 12.1 Å². The summed E-state index contributed by atoms with van der Waals surface area (Å²) in [7, 11) is 0. The standard InChI is InChI=1S/C6H4F2NO/c7-6(8)10-5-2-1-3-9-4-5/h1-3,6H. The topological polar surface area (TPSA) is 22.1 Å². The highest BCUT2D eigenvalue weighted by Gasteiger charge is 2.02. The SMILES string of the molecule is FC(F)Oc1[c]nccc1. The molecule has 0 aliphatic carbocycles. The molecule has 0 saturated heterocycles. The molecule has 0 spiro atoms. The van der Waals surface area contributed by atoms with Crippen LogP contribution in [0.2, 0.25) is 0 Å². The first kappa shape index (κ1) is 6.92. The minimum atomic E-state index is -2.81. The fraction of sp³-hybridized carbons (Fsp3) is 0.167. The predicted octanol–water partition coefficient (Wildman–Crippen LogP) is 1.48. The number of alkyl halides is 2. The molecule has 1 rings (SSSR count). The molecule has 0 atom stereocenters. The molecule has 0 aromatic carbocycles. The number of aromatic nitrogens is 1. The Morgan fingerprint density at radius 3 is 2.90 bits per heavy atom. The van der Waals surface area contributed by atoms with Gasteiger partial charge in [0.1, 0.15) is 6.20 Å². The Kier molecular flexibility index (Phi) is 2.15. The largest absolute Gasteiger partial charge is 0.432 e. The Bertz CT molecular complexity index is 190. The van der Waals surface area contributed by atoms with Crippen molar-refractivity contribution in [1.82, 2.24) is 4.98 Å². The van der Waals surface area contributed by atoms with Gasteiger partial charge >= 0.3 is 6.61 Å². The van der Waals surface area contributed by atoms with Crippen molar-refractivity contribution in [2.24, 2.45) is 0 Å². The molecule has 0 unspecified atom stereocenters. The summed E-state index contributed by atoms with van der Waals surface area (Å²) in [4.78, 5) is 3.45. The van der Waals surface area contributed by atoms with Crippen LogP contribution in [-0.2, 0) is 0 Å². The van der Waals surface area contributed by atoms with Gasteiger partial charge < -0.3 is 4.74 Å². The van der Waals surface area contributed by atoms with Crippen LogP contribution in [0.5, 0.6) is 5.75 Å². The van der Waals surface area contributed by atoms with Gasteiger partial charge in [-0.25, -0.2) is 0 Å². The molecule has 1 aromatic heterocycles. The molecule has 0 aliphatic heterocycles. The molecule has 4 heteroatoms. The summed E-state index contributed by atoms with van der Waals surface area (Å²) in [6, 6.07) is 2.85. The average Bonchev–Trinajstić information content (AvgIpc) is 1.88. The maximum Gasteiger partial charge on any atom is 0.387 e.